The Labute approximate surface area is 114 Å². The number of carbonyl (C=O) groups excluding carboxylic acids is 1. The van der Waals surface area contributed by atoms with Gasteiger partial charge in [-0.1, -0.05) is 15.9 Å². The van der Waals surface area contributed by atoms with Crippen molar-refractivity contribution in [3.8, 4) is 0 Å². The van der Waals surface area contributed by atoms with Crippen LogP contribution < -0.4 is 5.73 Å². The van der Waals surface area contributed by atoms with Crippen molar-refractivity contribution in [2.24, 2.45) is 0 Å². The fraction of sp³-hybridized carbons (Fsp3) is 0. The Balaban J connectivity index is 2.45. The van der Waals surface area contributed by atoms with Gasteiger partial charge in [-0.25, -0.2) is 0 Å². The third-order valence-corrected chi connectivity index (χ3v) is 4.35. The molecule has 1 heterocycles. The second-order valence-electron chi connectivity index (χ2n) is 3.17. The van der Waals surface area contributed by atoms with Crippen LogP contribution >= 0.6 is 43.2 Å². The first kappa shape index (κ1) is 11.8. The van der Waals surface area contributed by atoms with Crippen molar-refractivity contribution in [1.29, 1.82) is 0 Å². The molecule has 0 bridgehead atoms. The molecule has 0 aliphatic carbocycles. The largest absolute Gasteiger partial charge is 0.399 e. The van der Waals surface area contributed by atoms with E-state index in [1.165, 1.54) is 11.3 Å². The fourth-order valence-electron chi connectivity index (χ4n) is 1.29. The lowest BCUT2D eigenvalue weighted by Crippen LogP contribution is -2.01. The first-order valence-corrected chi connectivity index (χ1v) is 6.83. The molecule has 0 spiro atoms. The third kappa shape index (κ3) is 2.36. The van der Waals surface area contributed by atoms with Crippen molar-refractivity contribution in [2.45, 2.75) is 0 Å². The van der Waals surface area contributed by atoms with Crippen LogP contribution in [0.4, 0.5) is 5.69 Å². The molecule has 1 aromatic heterocycles. The molecule has 0 unspecified atom stereocenters. The second-order valence-corrected chi connectivity index (χ2v) is 6.49. The summed E-state index contributed by atoms with van der Waals surface area (Å²) in [6, 6.07) is 8.88. The number of rotatable bonds is 2. The molecule has 2 N–H and O–H groups in total. The van der Waals surface area contributed by atoms with Gasteiger partial charge in [0.2, 0.25) is 5.78 Å². The van der Waals surface area contributed by atoms with Crippen LogP contribution in [-0.4, -0.2) is 5.78 Å². The lowest BCUT2D eigenvalue weighted by molar-refractivity contribution is 0.104. The monoisotopic (exact) mass is 359 g/mol. The molecule has 16 heavy (non-hydrogen) atoms. The van der Waals surface area contributed by atoms with Crippen molar-refractivity contribution < 1.29 is 4.79 Å². The van der Waals surface area contributed by atoms with Crippen LogP contribution in [0.1, 0.15) is 15.2 Å². The van der Waals surface area contributed by atoms with E-state index in [0.29, 0.717) is 16.1 Å². The molecule has 0 aliphatic heterocycles. The van der Waals surface area contributed by atoms with Gasteiger partial charge in [0.15, 0.2) is 0 Å². The standard InChI is InChI=1S/C11H7Br2NOS/c12-8-2-1-6(14)5-7(8)11(15)9-3-4-10(13)16-9/h1-5H,14H2. The van der Waals surface area contributed by atoms with E-state index in [4.69, 9.17) is 5.73 Å². The van der Waals surface area contributed by atoms with Crippen molar-refractivity contribution in [2.75, 3.05) is 5.73 Å². The average Bonchev–Trinajstić information content (AvgIpc) is 2.67. The molecule has 1 aromatic carbocycles. The average molecular weight is 361 g/mol. The first-order valence-electron chi connectivity index (χ1n) is 4.43. The minimum Gasteiger partial charge on any atom is -0.399 e. The van der Waals surface area contributed by atoms with E-state index < -0.39 is 0 Å². The molecule has 0 saturated carbocycles. The van der Waals surface area contributed by atoms with E-state index >= 15 is 0 Å². The van der Waals surface area contributed by atoms with E-state index in [2.05, 4.69) is 31.9 Å². The summed E-state index contributed by atoms with van der Waals surface area (Å²) in [6.07, 6.45) is 0. The number of nitrogen functional groups attached to an aromatic ring is 1. The summed E-state index contributed by atoms with van der Waals surface area (Å²) in [5.74, 6) is -0.0186. The number of hydrogen-bond acceptors (Lipinski definition) is 3. The summed E-state index contributed by atoms with van der Waals surface area (Å²) in [5.41, 5.74) is 6.85. The fourth-order valence-corrected chi connectivity index (χ4v) is 3.05. The smallest absolute Gasteiger partial charge is 0.204 e. The highest BCUT2D eigenvalue weighted by Crippen LogP contribution is 2.28. The van der Waals surface area contributed by atoms with Crippen LogP contribution in [0, 0.1) is 0 Å². The normalized spacial score (nSPS) is 10.4. The number of ketones is 1. The molecule has 2 aromatic rings. The highest BCUT2D eigenvalue weighted by molar-refractivity contribution is 9.11. The zero-order valence-corrected chi connectivity index (χ0v) is 12.0. The van der Waals surface area contributed by atoms with Gasteiger partial charge in [0.1, 0.15) is 0 Å². The zero-order chi connectivity index (χ0) is 11.7. The van der Waals surface area contributed by atoms with Crippen molar-refractivity contribution in [3.05, 3.63) is 49.0 Å². The molecule has 0 atom stereocenters. The van der Waals surface area contributed by atoms with Crippen LogP contribution in [0.2, 0.25) is 0 Å². The highest BCUT2D eigenvalue weighted by Gasteiger charge is 2.14. The molecule has 2 nitrogen and oxygen atoms in total. The Bertz CT molecular complexity index is 551. The van der Waals surface area contributed by atoms with E-state index in [-0.39, 0.29) is 5.78 Å². The summed E-state index contributed by atoms with van der Waals surface area (Å²) in [6.45, 7) is 0. The Morgan fingerprint density at radius 3 is 2.56 bits per heavy atom. The minimum absolute atomic E-state index is 0.0186. The Morgan fingerprint density at radius 2 is 1.94 bits per heavy atom. The Kier molecular flexibility index (Phi) is 3.47. The lowest BCUT2D eigenvalue weighted by Gasteiger charge is -2.02. The molecule has 0 aliphatic rings. The SMILES string of the molecule is Nc1ccc(Br)c(C(=O)c2ccc(Br)s2)c1. The molecular weight excluding hydrogens is 354 g/mol. The molecule has 82 valence electrons. The number of halogens is 2. The van der Waals surface area contributed by atoms with Gasteiger partial charge < -0.3 is 5.73 Å². The molecule has 0 saturated heterocycles. The maximum atomic E-state index is 12.1. The van der Waals surface area contributed by atoms with Gasteiger partial charge >= 0.3 is 0 Å². The number of anilines is 1. The van der Waals surface area contributed by atoms with Crippen LogP contribution in [0.5, 0.6) is 0 Å². The summed E-state index contributed by atoms with van der Waals surface area (Å²) in [4.78, 5) is 12.8. The predicted octanol–water partition coefficient (Wildman–Crippen LogP) is 4.09. The van der Waals surface area contributed by atoms with Gasteiger partial charge in [0.05, 0.1) is 8.66 Å². The van der Waals surface area contributed by atoms with Crippen molar-refractivity contribution >= 4 is 54.7 Å². The van der Waals surface area contributed by atoms with Gasteiger partial charge in [-0.2, -0.15) is 0 Å². The van der Waals surface area contributed by atoms with Gasteiger partial charge in [-0.3, -0.25) is 4.79 Å². The van der Waals surface area contributed by atoms with Crippen LogP contribution in [0.25, 0.3) is 0 Å². The summed E-state index contributed by atoms with van der Waals surface area (Å²) in [5, 5.41) is 0. The van der Waals surface area contributed by atoms with E-state index in [0.717, 1.165) is 8.26 Å². The zero-order valence-electron chi connectivity index (χ0n) is 8.04. The first-order chi connectivity index (χ1) is 7.58. The highest BCUT2D eigenvalue weighted by atomic mass is 79.9. The predicted molar refractivity (Wildman–Crippen MR) is 74.0 cm³/mol. The molecule has 0 radical (unpaired) electrons. The Morgan fingerprint density at radius 1 is 1.19 bits per heavy atom. The summed E-state index contributed by atoms with van der Waals surface area (Å²) in [7, 11) is 0. The topological polar surface area (TPSA) is 43.1 Å². The van der Waals surface area contributed by atoms with Gasteiger partial charge in [0.25, 0.3) is 0 Å². The van der Waals surface area contributed by atoms with Crippen LogP contribution in [-0.2, 0) is 0 Å². The molecule has 2 rings (SSSR count). The van der Waals surface area contributed by atoms with Crippen molar-refractivity contribution in [1.82, 2.24) is 0 Å². The number of benzene rings is 1. The minimum atomic E-state index is -0.0186. The van der Waals surface area contributed by atoms with Crippen LogP contribution in [0.15, 0.2) is 38.6 Å². The Hall–Kier alpha value is -0.650. The van der Waals surface area contributed by atoms with Gasteiger partial charge in [-0.05, 0) is 46.3 Å². The number of nitrogens with two attached hydrogens (primary N) is 1. The number of hydrogen-bond donors (Lipinski definition) is 1. The lowest BCUT2D eigenvalue weighted by atomic mass is 10.1. The molecule has 0 amide bonds. The number of carbonyl (C=O) groups is 1. The van der Waals surface area contributed by atoms with Gasteiger partial charge in [-0.15, -0.1) is 11.3 Å². The van der Waals surface area contributed by atoms with Crippen LogP contribution in [0.3, 0.4) is 0 Å². The number of thiophene rings is 1. The maximum absolute atomic E-state index is 12.1. The molecule has 5 heteroatoms. The van der Waals surface area contributed by atoms with E-state index in [9.17, 15) is 4.79 Å². The maximum Gasteiger partial charge on any atom is 0.204 e. The molecule has 0 fully saturated rings. The van der Waals surface area contributed by atoms with E-state index in [1.54, 1.807) is 24.3 Å². The molecular formula is C11H7Br2NOS. The van der Waals surface area contributed by atoms with E-state index in [1.807, 2.05) is 6.07 Å². The summed E-state index contributed by atoms with van der Waals surface area (Å²) < 4.78 is 1.70. The third-order valence-electron chi connectivity index (χ3n) is 2.03. The second kappa shape index (κ2) is 4.69. The van der Waals surface area contributed by atoms with Crippen molar-refractivity contribution in [3.63, 3.8) is 0 Å². The summed E-state index contributed by atoms with van der Waals surface area (Å²) >= 11 is 8.10. The quantitative estimate of drug-likeness (QED) is 0.647. The van der Waals surface area contributed by atoms with Gasteiger partial charge in [0, 0.05) is 15.7 Å².